The quantitative estimate of drug-likeness (QED) is 0.713. The average Bonchev–Trinajstić information content (AvgIpc) is 3.08. The Hall–Kier alpha value is -2.03. The molecule has 0 aromatic carbocycles. The van der Waals surface area contributed by atoms with E-state index in [0.717, 1.165) is 5.82 Å². The Kier molecular flexibility index (Phi) is 3.36. The normalized spacial score (nSPS) is 12.0. The fourth-order valence-corrected chi connectivity index (χ4v) is 2.13. The highest BCUT2D eigenvalue weighted by atomic mass is 79.9. The van der Waals surface area contributed by atoms with Crippen LogP contribution >= 0.6 is 15.9 Å². The minimum Gasteiger partial charge on any atom is -0.444 e. The summed E-state index contributed by atoms with van der Waals surface area (Å²) in [6.45, 7) is 6.42. The molecule has 0 saturated carbocycles. The topological polar surface area (TPSA) is 95.7 Å². The minimum atomic E-state index is -0.168. The van der Waals surface area contributed by atoms with E-state index in [-0.39, 0.29) is 5.41 Å². The SMILES string of the molecule is CC(C)(C)c1nnnn1Cc1nnc(-c2ccc(Br)o2)o1. The van der Waals surface area contributed by atoms with Crippen molar-refractivity contribution in [3.8, 4) is 11.7 Å². The van der Waals surface area contributed by atoms with E-state index in [4.69, 9.17) is 8.83 Å². The van der Waals surface area contributed by atoms with E-state index in [1.807, 2.05) is 20.8 Å². The zero-order chi connectivity index (χ0) is 15.0. The highest BCUT2D eigenvalue weighted by Gasteiger charge is 2.23. The molecule has 0 atom stereocenters. The van der Waals surface area contributed by atoms with Crippen LogP contribution in [0.25, 0.3) is 11.7 Å². The maximum atomic E-state index is 5.57. The molecule has 3 aromatic heterocycles. The molecule has 3 heterocycles. The lowest BCUT2D eigenvalue weighted by Crippen LogP contribution is -2.20. The van der Waals surface area contributed by atoms with Gasteiger partial charge in [0.05, 0.1) is 0 Å². The molecular weight excluding hydrogens is 340 g/mol. The van der Waals surface area contributed by atoms with Gasteiger partial charge in [0.25, 0.3) is 5.89 Å². The maximum absolute atomic E-state index is 5.57. The van der Waals surface area contributed by atoms with Crippen molar-refractivity contribution in [3.63, 3.8) is 0 Å². The Morgan fingerprint density at radius 2 is 1.95 bits per heavy atom. The van der Waals surface area contributed by atoms with E-state index >= 15 is 0 Å². The molecule has 3 rings (SSSR count). The van der Waals surface area contributed by atoms with Crippen LogP contribution in [0.3, 0.4) is 0 Å². The molecule has 21 heavy (non-hydrogen) atoms. The first-order valence-electron chi connectivity index (χ1n) is 6.28. The molecule has 110 valence electrons. The van der Waals surface area contributed by atoms with E-state index < -0.39 is 0 Å². The Bertz CT molecular complexity index is 754. The van der Waals surface area contributed by atoms with Crippen LogP contribution in [0, 0.1) is 0 Å². The van der Waals surface area contributed by atoms with Crippen molar-refractivity contribution in [2.45, 2.75) is 32.7 Å². The van der Waals surface area contributed by atoms with Crippen LogP contribution in [0.15, 0.2) is 25.6 Å². The van der Waals surface area contributed by atoms with Gasteiger partial charge in [0.15, 0.2) is 16.3 Å². The summed E-state index contributed by atoms with van der Waals surface area (Å²) < 4.78 is 13.2. The summed E-state index contributed by atoms with van der Waals surface area (Å²) in [5.74, 6) is 1.99. The van der Waals surface area contributed by atoms with Crippen LogP contribution in [0.2, 0.25) is 0 Å². The average molecular weight is 353 g/mol. The van der Waals surface area contributed by atoms with Gasteiger partial charge in [-0.3, -0.25) is 0 Å². The first kappa shape index (κ1) is 13.9. The predicted octanol–water partition coefficient (Wildman–Crippen LogP) is 2.42. The van der Waals surface area contributed by atoms with Gasteiger partial charge in [-0.2, -0.15) is 0 Å². The fraction of sp³-hybridized carbons (Fsp3) is 0.417. The van der Waals surface area contributed by atoms with E-state index in [1.165, 1.54) is 0 Å². The summed E-state index contributed by atoms with van der Waals surface area (Å²) in [4.78, 5) is 0. The van der Waals surface area contributed by atoms with Gasteiger partial charge in [-0.25, -0.2) is 4.68 Å². The Morgan fingerprint density at radius 3 is 2.62 bits per heavy atom. The molecule has 3 aromatic rings. The molecule has 0 spiro atoms. The Balaban J connectivity index is 1.84. The highest BCUT2D eigenvalue weighted by Crippen LogP contribution is 2.24. The molecule has 0 aliphatic rings. The predicted molar refractivity (Wildman–Crippen MR) is 75.3 cm³/mol. The van der Waals surface area contributed by atoms with Gasteiger partial charge in [-0.05, 0) is 38.5 Å². The molecule has 0 saturated heterocycles. The minimum absolute atomic E-state index is 0.168. The zero-order valence-electron chi connectivity index (χ0n) is 11.7. The summed E-state index contributed by atoms with van der Waals surface area (Å²) in [5, 5.41) is 19.7. The summed E-state index contributed by atoms with van der Waals surface area (Å²) >= 11 is 3.23. The molecule has 0 N–H and O–H groups in total. The lowest BCUT2D eigenvalue weighted by atomic mass is 9.96. The molecule has 0 bridgehead atoms. The molecule has 0 aliphatic heterocycles. The van der Waals surface area contributed by atoms with E-state index in [2.05, 4.69) is 41.7 Å². The van der Waals surface area contributed by atoms with Crippen molar-refractivity contribution in [1.82, 2.24) is 30.4 Å². The molecule has 0 unspecified atom stereocenters. The number of furan rings is 1. The first-order chi connectivity index (χ1) is 9.93. The molecule has 0 radical (unpaired) electrons. The van der Waals surface area contributed by atoms with Crippen LogP contribution in [0.1, 0.15) is 32.5 Å². The second-order valence-corrected chi connectivity index (χ2v) is 6.30. The fourth-order valence-electron chi connectivity index (χ4n) is 1.82. The molecule has 9 heteroatoms. The second kappa shape index (κ2) is 5.06. The lowest BCUT2D eigenvalue weighted by molar-refractivity contribution is 0.427. The number of halogens is 1. The third-order valence-electron chi connectivity index (χ3n) is 2.74. The summed E-state index contributed by atoms with van der Waals surface area (Å²) in [6, 6.07) is 3.51. The van der Waals surface area contributed by atoms with Crippen LogP contribution in [0.5, 0.6) is 0 Å². The monoisotopic (exact) mass is 352 g/mol. The van der Waals surface area contributed by atoms with Gasteiger partial charge in [-0.15, -0.1) is 15.3 Å². The number of rotatable bonds is 3. The van der Waals surface area contributed by atoms with Crippen LogP contribution in [-0.4, -0.2) is 30.4 Å². The number of aromatic nitrogens is 6. The molecular formula is C12H13BrN6O2. The van der Waals surface area contributed by atoms with Gasteiger partial charge in [0.1, 0.15) is 6.54 Å². The van der Waals surface area contributed by atoms with Gasteiger partial charge >= 0.3 is 0 Å². The van der Waals surface area contributed by atoms with Crippen LogP contribution in [-0.2, 0) is 12.0 Å². The number of tetrazole rings is 1. The second-order valence-electron chi connectivity index (χ2n) is 5.51. The smallest absolute Gasteiger partial charge is 0.283 e. The van der Waals surface area contributed by atoms with Crippen molar-refractivity contribution in [2.75, 3.05) is 0 Å². The maximum Gasteiger partial charge on any atom is 0.283 e. The molecule has 0 fully saturated rings. The lowest BCUT2D eigenvalue weighted by Gasteiger charge is -2.16. The number of nitrogens with zero attached hydrogens (tertiary/aromatic N) is 6. The van der Waals surface area contributed by atoms with Crippen molar-refractivity contribution < 1.29 is 8.83 Å². The zero-order valence-corrected chi connectivity index (χ0v) is 13.3. The Labute approximate surface area is 128 Å². The van der Waals surface area contributed by atoms with Crippen LogP contribution in [0.4, 0.5) is 0 Å². The molecule has 0 aliphatic carbocycles. The van der Waals surface area contributed by atoms with Gasteiger partial charge in [0, 0.05) is 5.41 Å². The van der Waals surface area contributed by atoms with E-state index in [1.54, 1.807) is 16.8 Å². The summed E-state index contributed by atoms with van der Waals surface area (Å²) in [7, 11) is 0. The largest absolute Gasteiger partial charge is 0.444 e. The molecule has 8 nitrogen and oxygen atoms in total. The Morgan fingerprint density at radius 1 is 1.14 bits per heavy atom. The van der Waals surface area contributed by atoms with Crippen molar-refractivity contribution in [3.05, 3.63) is 28.5 Å². The van der Waals surface area contributed by atoms with Gasteiger partial charge < -0.3 is 8.83 Å². The standard InChI is InChI=1S/C12H13BrN6O2/c1-12(2,3)11-16-17-18-19(11)6-9-14-15-10(21-9)7-4-5-8(13)20-7/h4-5H,6H2,1-3H3. The number of hydrogen-bond donors (Lipinski definition) is 0. The van der Waals surface area contributed by atoms with E-state index in [0.29, 0.717) is 28.8 Å². The van der Waals surface area contributed by atoms with Gasteiger partial charge in [0.2, 0.25) is 5.89 Å². The van der Waals surface area contributed by atoms with Crippen molar-refractivity contribution >= 4 is 15.9 Å². The van der Waals surface area contributed by atoms with Crippen LogP contribution < -0.4 is 0 Å². The van der Waals surface area contributed by atoms with Crippen molar-refractivity contribution in [1.29, 1.82) is 0 Å². The third kappa shape index (κ3) is 2.87. The highest BCUT2D eigenvalue weighted by molar-refractivity contribution is 9.10. The number of hydrogen-bond acceptors (Lipinski definition) is 7. The third-order valence-corrected chi connectivity index (χ3v) is 3.16. The summed E-state index contributed by atoms with van der Waals surface area (Å²) in [5.41, 5.74) is -0.168. The van der Waals surface area contributed by atoms with Crippen molar-refractivity contribution in [2.24, 2.45) is 0 Å². The summed E-state index contributed by atoms with van der Waals surface area (Å²) in [6.07, 6.45) is 0. The molecule has 0 amide bonds. The first-order valence-corrected chi connectivity index (χ1v) is 7.07. The van der Waals surface area contributed by atoms with E-state index in [9.17, 15) is 0 Å². The van der Waals surface area contributed by atoms with Gasteiger partial charge in [-0.1, -0.05) is 20.8 Å².